The molecule has 0 aromatic heterocycles. The van der Waals surface area contributed by atoms with E-state index in [1.807, 2.05) is 0 Å². The lowest BCUT2D eigenvalue weighted by atomic mass is 9.76. The summed E-state index contributed by atoms with van der Waals surface area (Å²) in [5, 5.41) is 0. The molecule has 0 atom stereocenters. The molecule has 0 spiro atoms. The molecule has 0 aromatic rings. The quantitative estimate of drug-likeness (QED) is 0.493. The average molecular weight is 228 g/mol. The van der Waals surface area contributed by atoms with E-state index in [0.717, 1.165) is 0 Å². The minimum atomic E-state index is -1.14. The maximum Gasteiger partial charge on any atom is 0.319 e. The van der Waals surface area contributed by atoms with E-state index in [2.05, 4.69) is 0 Å². The van der Waals surface area contributed by atoms with Crippen molar-refractivity contribution in [2.45, 2.75) is 47.0 Å². The topological polar surface area (TPSA) is 60.4 Å². The van der Waals surface area contributed by atoms with E-state index in [1.54, 1.807) is 20.8 Å². The molecule has 0 saturated carbocycles. The molecular formula is C12H20O4. The van der Waals surface area contributed by atoms with Gasteiger partial charge in [-0.05, 0) is 26.7 Å². The highest BCUT2D eigenvalue weighted by molar-refractivity contribution is 6.10. The molecule has 4 nitrogen and oxygen atoms in total. The normalized spacial score (nSPS) is 11.0. The van der Waals surface area contributed by atoms with E-state index in [9.17, 15) is 14.4 Å². The summed E-state index contributed by atoms with van der Waals surface area (Å²) in [6.07, 6.45) is 0.545. The van der Waals surface area contributed by atoms with Crippen molar-refractivity contribution >= 4 is 17.5 Å². The second-order valence-electron chi connectivity index (χ2n) is 3.81. The molecule has 0 bridgehead atoms. The van der Waals surface area contributed by atoms with E-state index in [4.69, 9.17) is 4.74 Å². The third-order valence-electron chi connectivity index (χ3n) is 2.82. The summed E-state index contributed by atoms with van der Waals surface area (Å²) in [5.41, 5.74) is -1.14. The van der Waals surface area contributed by atoms with Gasteiger partial charge in [0, 0.05) is 0 Å². The van der Waals surface area contributed by atoms with Gasteiger partial charge in [-0.15, -0.1) is 0 Å². The Kier molecular flexibility index (Phi) is 5.93. The summed E-state index contributed by atoms with van der Waals surface area (Å²) < 4.78 is 4.92. The first-order valence-corrected chi connectivity index (χ1v) is 5.64. The van der Waals surface area contributed by atoms with Gasteiger partial charge in [-0.2, -0.15) is 0 Å². The molecule has 0 N–H and O–H groups in total. The van der Waals surface area contributed by atoms with E-state index in [1.165, 1.54) is 6.92 Å². The highest BCUT2D eigenvalue weighted by Crippen LogP contribution is 2.30. The van der Waals surface area contributed by atoms with Gasteiger partial charge in [-0.3, -0.25) is 14.4 Å². The predicted molar refractivity (Wildman–Crippen MR) is 60.0 cm³/mol. The van der Waals surface area contributed by atoms with Gasteiger partial charge in [0.2, 0.25) is 0 Å². The van der Waals surface area contributed by atoms with Crippen LogP contribution in [-0.2, 0) is 19.1 Å². The molecule has 0 aliphatic heterocycles. The van der Waals surface area contributed by atoms with Gasteiger partial charge in [-0.25, -0.2) is 0 Å². The van der Waals surface area contributed by atoms with Crippen LogP contribution < -0.4 is 0 Å². The Labute approximate surface area is 96.4 Å². The van der Waals surface area contributed by atoms with Crippen LogP contribution in [0.1, 0.15) is 47.0 Å². The van der Waals surface area contributed by atoms with Crippen molar-refractivity contribution in [1.82, 2.24) is 0 Å². The van der Waals surface area contributed by atoms with Crippen molar-refractivity contribution in [1.29, 1.82) is 0 Å². The average Bonchev–Trinajstić information content (AvgIpc) is 2.19. The number of esters is 1. The first-order chi connectivity index (χ1) is 7.44. The third-order valence-corrected chi connectivity index (χ3v) is 2.82. The first kappa shape index (κ1) is 14.8. The Morgan fingerprint density at radius 3 is 1.88 bits per heavy atom. The maximum atomic E-state index is 11.9. The summed E-state index contributed by atoms with van der Waals surface area (Å²) >= 11 is 0. The largest absolute Gasteiger partial charge is 0.465 e. The monoisotopic (exact) mass is 228 g/mol. The Morgan fingerprint density at radius 1 is 1.06 bits per heavy atom. The van der Waals surface area contributed by atoms with E-state index >= 15 is 0 Å². The number of Topliss-reactive ketones (excluding diaryl/α,β-unsaturated/α-hetero) is 2. The fraction of sp³-hybridized carbons (Fsp3) is 0.750. The molecule has 0 radical (unpaired) electrons. The number of ketones is 2. The summed E-state index contributed by atoms with van der Waals surface area (Å²) in [5.74, 6) is -1.06. The summed E-state index contributed by atoms with van der Waals surface area (Å²) in [6, 6.07) is 0. The van der Waals surface area contributed by atoms with Gasteiger partial charge in [0.1, 0.15) is 11.2 Å². The zero-order valence-electron chi connectivity index (χ0n) is 10.5. The Bertz CT molecular complexity index is 277. The Hall–Kier alpha value is -1.19. The molecule has 0 amide bonds. The lowest BCUT2D eigenvalue weighted by Crippen LogP contribution is -2.40. The summed E-state index contributed by atoms with van der Waals surface area (Å²) in [4.78, 5) is 34.7. The van der Waals surface area contributed by atoms with Gasteiger partial charge in [0.25, 0.3) is 0 Å². The van der Waals surface area contributed by atoms with E-state index < -0.39 is 11.4 Å². The lowest BCUT2D eigenvalue weighted by molar-refractivity contribution is -0.161. The van der Waals surface area contributed by atoms with Crippen molar-refractivity contribution < 1.29 is 19.1 Å². The minimum absolute atomic E-state index is 0.194. The minimum Gasteiger partial charge on any atom is -0.465 e. The van der Waals surface area contributed by atoms with Gasteiger partial charge >= 0.3 is 5.97 Å². The van der Waals surface area contributed by atoms with Crippen molar-refractivity contribution in [3.8, 4) is 0 Å². The second kappa shape index (κ2) is 6.40. The highest BCUT2D eigenvalue weighted by atomic mass is 16.5. The van der Waals surface area contributed by atoms with Crippen LogP contribution in [0.25, 0.3) is 0 Å². The SMILES string of the molecule is CCOC(=O)C(CC)(CC)C(=O)CC(C)=O. The molecule has 0 aliphatic rings. The number of hydrogen-bond donors (Lipinski definition) is 0. The van der Waals surface area contributed by atoms with Crippen molar-refractivity contribution in [3.63, 3.8) is 0 Å². The molecule has 16 heavy (non-hydrogen) atoms. The number of ether oxygens (including phenoxy) is 1. The van der Waals surface area contributed by atoms with Gasteiger partial charge in [0.15, 0.2) is 5.78 Å². The van der Waals surface area contributed by atoms with Gasteiger partial charge < -0.3 is 4.74 Å². The second-order valence-corrected chi connectivity index (χ2v) is 3.81. The Balaban J connectivity index is 5.00. The van der Waals surface area contributed by atoms with E-state index in [0.29, 0.717) is 12.8 Å². The molecule has 92 valence electrons. The fourth-order valence-corrected chi connectivity index (χ4v) is 1.71. The number of carbonyl (C=O) groups is 3. The van der Waals surface area contributed by atoms with Crippen LogP contribution in [0.3, 0.4) is 0 Å². The van der Waals surface area contributed by atoms with Gasteiger partial charge in [0.05, 0.1) is 13.0 Å². The van der Waals surface area contributed by atoms with Crippen LogP contribution in [0.2, 0.25) is 0 Å². The molecule has 0 unspecified atom stereocenters. The van der Waals surface area contributed by atoms with Crippen LogP contribution >= 0.6 is 0 Å². The molecule has 4 heteroatoms. The van der Waals surface area contributed by atoms with E-state index in [-0.39, 0.29) is 24.6 Å². The van der Waals surface area contributed by atoms with Crippen LogP contribution in [-0.4, -0.2) is 24.1 Å². The zero-order valence-corrected chi connectivity index (χ0v) is 10.5. The van der Waals surface area contributed by atoms with Crippen molar-refractivity contribution in [2.75, 3.05) is 6.61 Å². The molecule has 0 aromatic carbocycles. The Morgan fingerprint density at radius 2 is 1.56 bits per heavy atom. The fourth-order valence-electron chi connectivity index (χ4n) is 1.71. The number of hydrogen-bond acceptors (Lipinski definition) is 4. The van der Waals surface area contributed by atoms with Crippen molar-refractivity contribution in [2.24, 2.45) is 5.41 Å². The number of carbonyl (C=O) groups excluding carboxylic acids is 3. The number of rotatable bonds is 7. The molecule has 0 aliphatic carbocycles. The van der Waals surface area contributed by atoms with Gasteiger partial charge in [-0.1, -0.05) is 13.8 Å². The summed E-state index contributed by atoms with van der Waals surface area (Å²) in [6.45, 7) is 6.81. The third kappa shape index (κ3) is 3.15. The van der Waals surface area contributed by atoms with Crippen LogP contribution in [0, 0.1) is 5.41 Å². The molecule has 0 heterocycles. The lowest BCUT2D eigenvalue weighted by Gasteiger charge is -2.27. The molecule has 0 fully saturated rings. The highest BCUT2D eigenvalue weighted by Gasteiger charge is 2.43. The first-order valence-electron chi connectivity index (χ1n) is 5.64. The maximum absolute atomic E-state index is 11.9. The molecule has 0 saturated heterocycles. The standard InChI is InChI=1S/C12H20O4/c1-5-12(6-2,11(15)16-7-3)10(14)8-9(4)13/h5-8H2,1-4H3. The smallest absolute Gasteiger partial charge is 0.319 e. The molecule has 0 rings (SSSR count). The zero-order chi connectivity index (χ0) is 12.8. The van der Waals surface area contributed by atoms with Crippen molar-refractivity contribution in [3.05, 3.63) is 0 Å². The predicted octanol–water partition coefficient (Wildman–Crippen LogP) is 1.90. The molecular weight excluding hydrogens is 208 g/mol. The van der Waals surface area contributed by atoms with Crippen LogP contribution in [0.4, 0.5) is 0 Å². The van der Waals surface area contributed by atoms with Crippen LogP contribution in [0.15, 0.2) is 0 Å². The van der Waals surface area contributed by atoms with Crippen LogP contribution in [0.5, 0.6) is 0 Å². The summed E-state index contributed by atoms with van der Waals surface area (Å²) in [7, 11) is 0.